The minimum atomic E-state index is -0.542. The number of aliphatic hydroxyl groups is 1. The zero-order valence-corrected chi connectivity index (χ0v) is 15.9. The van der Waals surface area contributed by atoms with E-state index in [1.807, 2.05) is 54.6 Å². The summed E-state index contributed by atoms with van der Waals surface area (Å²) in [5.74, 6) is 0. The van der Waals surface area contributed by atoms with Gasteiger partial charge in [0.1, 0.15) is 0 Å². The van der Waals surface area contributed by atoms with Crippen molar-refractivity contribution in [3.05, 3.63) is 65.2 Å². The zero-order valence-electron chi connectivity index (χ0n) is 14.4. The van der Waals surface area contributed by atoms with Gasteiger partial charge in [0.2, 0.25) is 0 Å². The van der Waals surface area contributed by atoms with Crippen molar-refractivity contribution in [3.63, 3.8) is 0 Å². The van der Waals surface area contributed by atoms with Crippen LogP contribution in [0.4, 0.5) is 0 Å². The van der Waals surface area contributed by atoms with Crippen LogP contribution in [0, 0.1) is 0 Å². The molecule has 0 aliphatic carbocycles. The van der Waals surface area contributed by atoms with Crippen molar-refractivity contribution in [3.8, 4) is 11.3 Å². The molecule has 3 aromatic rings. The van der Waals surface area contributed by atoms with Gasteiger partial charge in [-0.25, -0.2) is 4.98 Å². The third kappa shape index (κ3) is 3.86. The van der Waals surface area contributed by atoms with Crippen LogP contribution in [0.3, 0.4) is 0 Å². The second kappa shape index (κ2) is 8.36. The number of halogens is 2. The Kier molecular flexibility index (Phi) is 6.15. The lowest BCUT2D eigenvalue weighted by Gasteiger charge is -2.29. The molecule has 2 atom stereocenters. The number of benzene rings is 2. The Morgan fingerprint density at radius 1 is 1.08 bits per heavy atom. The molecule has 2 aromatic carbocycles. The van der Waals surface area contributed by atoms with E-state index >= 15 is 0 Å². The highest BCUT2D eigenvalue weighted by molar-refractivity contribution is 6.30. The lowest BCUT2D eigenvalue weighted by Crippen LogP contribution is -2.38. The number of hydrogen-bond acceptors (Lipinski definition) is 3. The summed E-state index contributed by atoms with van der Waals surface area (Å²) < 4.78 is 0. The average molecular weight is 389 g/mol. The molecular weight excluding hydrogens is 367 g/mol. The van der Waals surface area contributed by atoms with Crippen molar-refractivity contribution < 1.29 is 5.11 Å². The highest BCUT2D eigenvalue weighted by Gasteiger charge is 2.25. The summed E-state index contributed by atoms with van der Waals surface area (Å²) in [6.45, 7) is 0.967. The molecule has 4 rings (SSSR count). The summed E-state index contributed by atoms with van der Waals surface area (Å²) in [6, 6.07) is 17.8. The van der Waals surface area contributed by atoms with Gasteiger partial charge in [-0.3, -0.25) is 0 Å². The molecule has 136 valence electrons. The fraction of sp³-hybridized carbons (Fsp3) is 0.286. The van der Waals surface area contributed by atoms with E-state index in [2.05, 4.69) is 5.32 Å². The van der Waals surface area contributed by atoms with E-state index in [9.17, 15) is 5.11 Å². The number of nitrogens with one attached hydrogen (secondary N) is 1. The van der Waals surface area contributed by atoms with Gasteiger partial charge in [0.05, 0.1) is 17.3 Å². The first-order valence-corrected chi connectivity index (χ1v) is 9.17. The van der Waals surface area contributed by atoms with Crippen molar-refractivity contribution >= 4 is 34.9 Å². The van der Waals surface area contributed by atoms with Gasteiger partial charge in [0.15, 0.2) is 0 Å². The second-order valence-corrected chi connectivity index (χ2v) is 7.06. The number of rotatable bonds is 3. The summed E-state index contributed by atoms with van der Waals surface area (Å²) in [5, 5.41) is 16.2. The quantitative estimate of drug-likeness (QED) is 0.651. The predicted molar refractivity (Wildman–Crippen MR) is 110 cm³/mol. The Balaban J connectivity index is 0.00000196. The summed E-state index contributed by atoms with van der Waals surface area (Å²) in [4.78, 5) is 4.79. The van der Waals surface area contributed by atoms with Crippen molar-refractivity contribution in [2.75, 3.05) is 6.54 Å². The summed E-state index contributed by atoms with van der Waals surface area (Å²) in [6.07, 6.45) is 2.78. The molecule has 3 nitrogen and oxygen atoms in total. The summed E-state index contributed by atoms with van der Waals surface area (Å²) in [5.41, 5.74) is 3.70. The number of para-hydroxylation sites is 1. The molecule has 1 aliphatic heterocycles. The molecule has 2 N–H and O–H groups in total. The first-order valence-electron chi connectivity index (χ1n) is 8.79. The highest BCUT2D eigenvalue weighted by atomic mass is 35.5. The van der Waals surface area contributed by atoms with Gasteiger partial charge in [-0.15, -0.1) is 12.4 Å². The molecule has 0 saturated carbocycles. The van der Waals surface area contributed by atoms with E-state index in [4.69, 9.17) is 16.6 Å². The van der Waals surface area contributed by atoms with Crippen LogP contribution in [-0.4, -0.2) is 22.7 Å². The lowest BCUT2D eigenvalue weighted by atomic mass is 9.92. The van der Waals surface area contributed by atoms with Gasteiger partial charge in [0.25, 0.3) is 0 Å². The molecule has 2 heterocycles. The standard InChI is InChI=1S/C21H21ClN2O.ClH/c22-15-10-8-14(9-11-15)20-13-17(16-5-1-2-6-18(16)24-20)21(25)19-7-3-4-12-23-19;/h1-2,5-6,8-11,13,19,21,23,25H,3-4,7,12H2;1H/t19-,21+;/m1./s1. The van der Waals surface area contributed by atoms with Gasteiger partial charge in [0, 0.05) is 22.0 Å². The Hall–Kier alpha value is -1.65. The van der Waals surface area contributed by atoms with Crippen LogP contribution in [0.15, 0.2) is 54.6 Å². The molecule has 0 unspecified atom stereocenters. The van der Waals surface area contributed by atoms with E-state index < -0.39 is 6.10 Å². The van der Waals surface area contributed by atoms with E-state index in [0.29, 0.717) is 5.02 Å². The van der Waals surface area contributed by atoms with Gasteiger partial charge in [-0.2, -0.15) is 0 Å². The molecular formula is C21H22Cl2N2O. The normalized spacial score (nSPS) is 18.3. The van der Waals surface area contributed by atoms with Gasteiger partial charge < -0.3 is 10.4 Å². The van der Waals surface area contributed by atoms with Crippen LogP contribution in [0.5, 0.6) is 0 Å². The lowest BCUT2D eigenvalue weighted by molar-refractivity contribution is 0.115. The minimum absolute atomic E-state index is 0. The number of fused-ring (bicyclic) bond motifs is 1. The molecule has 5 heteroatoms. The smallest absolute Gasteiger partial charge is 0.0950 e. The number of pyridine rings is 1. The number of aromatic nitrogens is 1. The average Bonchev–Trinajstić information content (AvgIpc) is 2.68. The van der Waals surface area contributed by atoms with E-state index in [-0.39, 0.29) is 18.4 Å². The third-order valence-electron chi connectivity index (χ3n) is 4.94. The van der Waals surface area contributed by atoms with E-state index in [0.717, 1.165) is 47.1 Å². The topological polar surface area (TPSA) is 45.2 Å². The number of piperidine rings is 1. The molecule has 1 saturated heterocycles. The van der Waals surface area contributed by atoms with Gasteiger partial charge in [-0.05, 0) is 49.2 Å². The van der Waals surface area contributed by atoms with E-state index in [1.165, 1.54) is 6.42 Å². The molecule has 1 aromatic heterocycles. The predicted octanol–water partition coefficient (Wildman–Crippen LogP) is 5.15. The van der Waals surface area contributed by atoms with Crippen molar-refractivity contribution in [1.29, 1.82) is 0 Å². The van der Waals surface area contributed by atoms with Crippen LogP contribution in [0.2, 0.25) is 5.02 Å². The van der Waals surface area contributed by atoms with Crippen molar-refractivity contribution in [2.24, 2.45) is 0 Å². The molecule has 1 fully saturated rings. The highest BCUT2D eigenvalue weighted by Crippen LogP contribution is 2.32. The van der Waals surface area contributed by atoms with Crippen LogP contribution in [-0.2, 0) is 0 Å². The molecule has 26 heavy (non-hydrogen) atoms. The number of aliphatic hydroxyl groups excluding tert-OH is 1. The monoisotopic (exact) mass is 388 g/mol. The van der Waals surface area contributed by atoms with Crippen LogP contribution in [0.25, 0.3) is 22.2 Å². The second-order valence-electron chi connectivity index (χ2n) is 6.62. The number of nitrogens with zero attached hydrogens (tertiary/aromatic N) is 1. The Labute approximate surface area is 164 Å². The summed E-state index contributed by atoms with van der Waals surface area (Å²) >= 11 is 6.01. The molecule has 0 amide bonds. The Bertz CT molecular complexity index is 877. The van der Waals surface area contributed by atoms with Crippen molar-refractivity contribution in [2.45, 2.75) is 31.4 Å². The minimum Gasteiger partial charge on any atom is -0.387 e. The SMILES string of the molecule is Cl.O[C@@H](c1cc(-c2ccc(Cl)cc2)nc2ccccc12)[C@H]1CCCCN1. The van der Waals surface area contributed by atoms with Crippen LogP contribution >= 0.6 is 24.0 Å². The molecule has 1 aliphatic rings. The Morgan fingerprint density at radius 2 is 1.85 bits per heavy atom. The fourth-order valence-corrected chi connectivity index (χ4v) is 3.71. The molecule has 0 bridgehead atoms. The van der Waals surface area contributed by atoms with Gasteiger partial charge >= 0.3 is 0 Å². The zero-order chi connectivity index (χ0) is 17.2. The third-order valence-corrected chi connectivity index (χ3v) is 5.19. The van der Waals surface area contributed by atoms with Gasteiger partial charge in [-0.1, -0.05) is 48.4 Å². The van der Waals surface area contributed by atoms with E-state index in [1.54, 1.807) is 0 Å². The largest absolute Gasteiger partial charge is 0.387 e. The first kappa shape index (κ1) is 19.1. The fourth-order valence-electron chi connectivity index (χ4n) is 3.58. The van der Waals surface area contributed by atoms with Crippen molar-refractivity contribution in [1.82, 2.24) is 10.3 Å². The Morgan fingerprint density at radius 3 is 2.58 bits per heavy atom. The van der Waals surface area contributed by atoms with Crippen LogP contribution < -0.4 is 5.32 Å². The maximum Gasteiger partial charge on any atom is 0.0950 e. The number of hydrogen-bond donors (Lipinski definition) is 2. The van der Waals surface area contributed by atoms with Crippen LogP contribution in [0.1, 0.15) is 30.9 Å². The summed E-state index contributed by atoms with van der Waals surface area (Å²) in [7, 11) is 0. The molecule has 0 spiro atoms. The molecule has 0 radical (unpaired) electrons. The maximum absolute atomic E-state index is 11.0. The maximum atomic E-state index is 11.0. The first-order chi connectivity index (χ1) is 12.2.